The molecule has 22 heavy (non-hydrogen) atoms. The fraction of sp³-hybridized carbons (Fsp3) is 0.588. The number of guanidine groups is 1. The van der Waals surface area contributed by atoms with Gasteiger partial charge < -0.3 is 15.5 Å². The van der Waals surface area contributed by atoms with E-state index in [0.29, 0.717) is 24.6 Å². The molecule has 1 saturated heterocycles. The number of hydrogen-bond donors (Lipinski definition) is 1. The molecule has 122 valence electrons. The average molecular weight is 306 g/mol. The van der Waals surface area contributed by atoms with Gasteiger partial charge in [0.1, 0.15) is 5.82 Å². The van der Waals surface area contributed by atoms with Crippen LogP contribution < -0.4 is 5.73 Å². The zero-order chi connectivity index (χ0) is 15.9. The lowest BCUT2D eigenvalue weighted by Gasteiger charge is -2.21. The number of hydrogen-bond acceptors (Lipinski definition) is 2. The lowest BCUT2D eigenvalue weighted by atomic mass is 10.1. The van der Waals surface area contributed by atoms with E-state index in [0.717, 1.165) is 18.7 Å². The summed E-state index contributed by atoms with van der Waals surface area (Å²) in [4.78, 5) is 8.61. The highest BCUT2D eigenvalue weighted by Crippen LogP contribution is 2.14. The molecule has 0 aromatic heterocycles. The van der Waals surface area contributed by atoms with Crippen LogP contribution in [0.15, 0.2) is 23.2 Å². The Morgan fingerprint density at radius 3 is 2.55 bits per heavy atom. The molecule has 4 nitrogen and oxygen atoms in total. The molecule has 1 aliphatic rings. The Bertz CT molecular complexity index is 505. The summed E-state index contributed by atoms with van der Waals surface area (Å²) in [5.74, 6) is 0.447. The Labute approximate surface area is 132 Å². The average Bonchev–Trinajstić information content (AvgIpc) is 2.76. The van der Waals surface area contributed by atoms with Gasteiger partial charge in [0.05, 0.1) is 6.54 Å². The number of benzene rings is 1. The topological polar surface area (TPSA) is 44.9 Å². The van der Waals surface area contributed by atoms with E-state index in [1.54, 1.807) is 6.07 Å². The predicted molar refractivity (Wildman–Crippen MR) is 89.2 cm³/mol. The van der Waals surface area contributed by atoms with Crippen molar-refractivity contribution >= 4 is 5.96 Å². The first kappa shape index (κ1) is 16.7. The minimum Gasteiger partial charge on any atom is -0.370 e. The van der Waals surface area contributed by atoms with E-state index in [1.165, 1.54) is 31.7 Å². The van der Waals surface area contributed by atoms with Crippen molar-refractivity contribution in [2.24, 2.45) is 10.7 Å². The molecule has 2 rings (SSSR count). The minimum absolute atomic E-state index is 0.165. The van der Waals surface area contributed by atoms with Gasteiger partial charge in [0.25, 0.3) is 0 Å². The smallest absolute Gasteiger partial charge is 0.191 e. The van der Waals surface area contributed by atoms with Crippen LogP contribution in [0.5, 0.6) is 0 Å². The largest absolute Gasteiger partial charge is 0.370 e. The first-order valence-electron chi connectivity index (χ1n) is 8.03. The summed E-state index contributed by atoms with van der Waals surface area (Å²) in [6.07, 6.45) is 4.91. The van der Waals surface area contributed by atoms with E-state index >= 15 is 0 Å². The Balaban J connectivity index is 2.01. The molecule has 0 aliphatic carbocycles. The third-order valence-corrected chi connectivity index (χ3v) is 3.95. The van der Waals surface area contributed by atoms with Crippen molar-refractivity contribution < 1.29 is 4.39 Å². The van der Waals surface area contributed by atoms with E-state index in [2.05, 4.69) is 9.89 Å². The maximum absolute atomic E-state index is 13.8. The van der Waals surface area contributed by atoms with Crippen LogP contribution in [0.3, 0.4) is 0 Å². The molecule has 1 heterocycles. The van der Waals surface area contributed by atoms with Gasteiger partial charge in [-0.05, 0) is 44.6 Å². The lowest BCUT2D eigenvalue weighted by molar-refractivity contribution is 0.392. The van der Waals surface area contributed by atoms with Crippen molar-refractivity contribution in [2.75, 3.05) is 27.2 Å². The van der Waals surface area contributed by atoms with Crippen molar-refractivity contribution in [1.82, 2.24) is 9.80 Å². The van der Waals surface area contributed by atoms with Gasteiger partial charge in [-0.25, -0.2) is 9.38 Å². The zero-order valence-electron chi connectivity index (χ0n) is 13.7. The summed E-state index contributed by atoms with van der Waals surface area (Å²) >= 11 is 0. The molecular formula is C17H27FN4. The Hall–Kier alpha value is -1.62. The zero-order valence-corrected chi connectivity index (χ0v) is 13.7. The molecule has 5 heteroatoms. The summed E-state index contributed by atoms with van der Waals surface area (Å²) in [6.45, 7) is 3.07. The van der Waals surface area contributed by atoms with Crippen LogP contribution in [0.2, 0.25) is 0 Å². The second-order valence-corrected chi connectivity index (χ2v) is 6.24. The monoisotopic (exact) mass is 306 g/mol. The molecule has 1 aliphatic heterocycles. The number of rotatable bonds is 4. The first-order chi connectivity index (χ1) is 10.6. The highest BCUT2D eigenvalue weighted by molar-refractivity contribution is 5.78. The normalized spacial score (nSPS) is 16.9. The van der Waals surface area contributed by atoms with Crippen LogP contribution >= 0.6 is 0 Å². The third kappa shape index (κ3) is 4.98. The highest BCUT2D eigenvalue weighted by Gasteiger charge is 2.11. The summed E-state index contributed by atoms with van der Waals surface area (Å²) in [5, 5.41) is 0. The van der Waals surface area contributed by atoms with Crippen LogP contribution in [0, 0.1) is 5.82 Å². The van der Waals surface area contributed by atoms with E-state index < -0.39 is 0 Å². The SMILES string of the molecule is CN(C)Cc1cc(CN=C(N)N2CCCCCC2)ccc1F. The molecular weight excluding hydrogens is 279 g/mol. The number of aliphatic imine (C=N–C) groups is 1. The van der Waals surface area contributed by atoms with Crippen molar-refractivity contribution in [2.45, 2.75) is 38.8 Å². The van der Waals surface area contributed by atoms with Gasteiger partial charge in [0, 0.05) is 25.2 Å². The lowest BCUT2D eigenvalue weighted by Crippen LogP contribution is -2.38. The number of nitrogens with zero attached hydrogens (tertiary/aromatic N) is 3. The van der Waals surface area contributed by atoms with Crippen LogP contribution in [-0.4, -0.2) is 42.9 Å². The van der Waals surface area contributed by atoms with E-state index in [-0.39, 0.29) is 5.82 Å². The molecule has 2 N–H and O–H groups in total. The second kappa shape index (κ2) is 8.13. The maximum Gasteiger partial charge on any atom is 0.191 e. The van der Waals surface area contributed by atoms with Gasteiger partial charge in [0.2, 0.25) is 0 Å². The summed E-state index contributed by atoms with van der Waals surface area (Å²) in [7, 11) is 3.86. The molecule has 0 atom stereocenters. The van der Waals surface area contributed by atoms with E-state index in [1.807, 2.05) is 25.1 Å². The first-order valence-corrected chi connectivity index (χ1v) is 8.03. The van der Waals surface area contributed by atoms with Crippen molar-refractivity contribution in [1.29, 1.82) is 0 Å². The van der Waals surface area contributed by atoms with Crippen molar-refractivity contribution in [3.05, 3.63) is 35.1 Å². The molecule has 1 aromatic rings. The fourth-order valence-corrected chi connectivity index (χ4v) is 2.76. The second-order valence-electron chi connectivity index (χ2n) is 6.24. The van der Waals surface area contributed by atoms with E-state index in [9.17, 15) is 4.39 Å². The Morgan fingerprint density at radius 1 is 1.23 bits per heavy atom. The quantitative estimate of drug-likeness (QED) is 0.687. The molecule has 0 radical (unpaired) electrons. The van der Waals surface area contributed by atoms with Gasteiger partial charge >= 0.3 is 0 Å². The summed E-state index contributed by atoms with van der Waals surface area (Å²) < 4.78 is 13.8. The number of likely N-dealkylation sites (tertiary alicyclic amines) is 1. The molecule has 0 saturated carbocycles. The van der Waals surface area contributed by atoms with Gasteiger partial charge in [-0.1, -0.05) is 18.9 Å². The summed E-state index contributed by atoms with van der Waals surface area (Å²) in [6, 6.07) is 5.19. The van der Waals surface area contributed by atoms with Crippen molar-refractivity contribution in [3.63, 3.8) is 0 Å². The van der Waals surface area contributed by atoms with Gasteiger partial charge in [0.15, 0.2) is 5.96 Å². The minimum atomic E-state index is -0.165. The maximum atomic E-state index is 13.8. The van der Waals surface area contributed by atoms with Gasteiger partial charge in [-0.15, -0.1) is 0 Å². The highest BCUT2D eigenvalue weighted by atomic mass is 19.1. The standard InChI is InChI=1S/C17H27FN4/c1-21(2)13-15-11-14(7-8-16(15)18)12-20-17(19)22-9-5-3-4-6-10-22/h7-8,11H,3-6,9-10,12-13H2,1-2H3,(H2,19,20). The predicted octanol–water partition coefficient (Wildman–Crippen LogP) is 2.58. The Kier molecular flexibility index (Phi) is 6.19. The summed E-state index contributed by atoms with van der Waals surface area (Å²) in [5.41, 5.74) is 7.80. The molecule has 0 bridgehead atoms. The number of halogens is 1. The van der Waals surface area contributed by atoms with Gasteiger partial charge in [-0.3, -0.25) is 0 Å². The van der Waals surface area contributed by atoms with Gasteiger partial charge in [-0.2, -0.15) is 0 Å². The molecule has 0 amide bonds. The van der Waals surface area contributed by atoms with E-state index in [4.69, 9.17) is 5.73 Å². The molecule has 1 aromatic carbocycles. The Morgan fingerprint density at radius 2 is 1.91 bits per heavy atom. The fourth-order valence-electron chi connectivity index (χ4n) is 2.76. The van der Waals surface area contributed by atoms with Crippen LogP contribution in [0.4, 0.5) is 4.39 Å². The number of nitrogens with two attached hydrogens (primary N) is 1. The third-order valence-electron chi connectivity index (χ3n) is 3.95. The van der Waals surface area contributed by atoms with Crippen LogP contribution in [0.25, 0.3) is 0 Å². The van der Waals surface area contributed by atoms with Crippen LogP contribution in [0.1, 0.15) is 36.8 Å². The van der Waals surface area contributed by atoms with Crippen LogP contribution in [-0.2, 0) is 13.1 Å². The molecule has 0 unspecified atom stereocenters. The van der Waals surface area contributed by atoms with Crippen molar-refractivity contribution in [3.8, 4) is 0 Å². The molecule has 1 fully saturated rings. The molecule has 0 spiro atoms.